The summed E-state index contributed by atoms with van der Waals surface area (Å²) < 4.78 is 0.992. The fourth-order valence-corrected chi connectivity index (χ4v) is 2.81. The van der Waals surface area contributed by atoms with Crippen molar-refractivity contribution < 1.29 is 4.79 Å². The van der Waals surface area contributed by atoms with Crippen molar-refractivity contribution in [1.29, 1.82) is 0 Å². The molecule has 1 aromatic rings. The molecule has 3 nitrogen and oxygen atoms in total. The first kappa shape index (κ1) is 17.5. The first-order chi connectivity index (χ1) is 9.15. The molecule has 0 atom stereocenters. The summed E-state index contributed by atoms with van der Waals surface area (Å²) in [5, 5.41) is 6.36. The standard InChI is InChI=1S/C15H21BrN2O.ClH/c1-11-2-4-13(16)10-14(11)18-15(19)5-3-12-6-8-17-9-7-12;/h2,4,10,12,17H,3,5-9H2,1H3,(H,18,19);1H. The highest BCUT2D eigenvalue weighted by Gasteiger charge is 2.14. The van der Waals surface area contributed by atoms with Gasteiger partial charge in [0.25, 0.3) is 0 Å². The van der Waals surface area contributed by atoms with Crippen LogP contribution in [0.5, 0.6) is 0 Å². The van der Waals surface area contributed by atoms with Gasteiger partial charge in [-0.2, -0.15) is 0 Å². The molecule has 112 valence electrons. The predicted octanol–water partition coefficient (Wildman–Crippen LogP) is 3.90. The monoisotopic (exact) mass is 360 g/mol. The Morgan fingerprint density at radius 2 is 2.10 bits per heavy atom. The van der Waals surface area contributed by atoms with Gasteiger partial charge in [0.15, 0.2) is 0 Å². The summed E-state index contributed by atoms with van der Waals surface area (Å²) in [6, 6.07) is 5.95. The lowest BCUT2D eigenvalue weighted by molar-refractivity contribution is -0.116. The summed E-state index contributed by atoms with van der Waals surface area (Å²) in [7, 11) is 0. The Hall–Kier alpha value is -0.580. The van der Waals surface area contributed by atoms with Crippen LogP contribution in [0.4, 0.5) is 5.69 Å². The number of benzene rings is 1. The molecule has 0 bridgehead atoms. The average molecular weight is 362 g/mol. The third-order valence-electron chi connectivity index (χ3n) is 3.71. The SMILES string of the molecule is Cc1ccc(Br)cc1NC(=O)CCC1CCNCC1.Cl. The van der Waals surface area contributed by atoms with Crippen molar-refractivity contribution in [3.8, 4) is 0 Å². The Morgan fingerprint density at radius 3 is 2.80 bits per heavy atom. The first-order valence-electron chi connectivity index (χ1n) is 6.92. The lowest BCUT2D eigenvalue weighted by atomic mass is 9.93. The molecule has 2 N–H and O–H groups in total. The van der Waals surface area contributed by atoms with E-state index < -0.39 is 0 Å². The van der Waals surface area contributed by atoms with Crippen LogP contribution < -0.4 is 10.6 Å². The van der Waals surface area contributed by atoms with Gasteiger partial charge in [-0.05, 0) is 62.9 Å². The van der Waals surface area contributed by atoms with E-state index in [-0.39, 0.29) is 18.3 Å². The molecule has 0 saturated carbocycles. The molecule has 0 aromatic heterocycles. The third kappa shape index (κ3) is 5.43. The second kappa shape index (κ2) is 8.65. The molecule has 1 fully saturated rings. The zero-order valence-electron chi connectivity index (χ0n) is 11.7. The van der Waals surface area contributed by atoms with Crippen LogP contribution in [0.3, 0.4) is 0 Å². The number of carbonyl (C=O) groups excluding carboxylic acids is 1. The molecular formula is C15H22BrClN2O. The van der Waals surface area contributed by atoms with Crippen molar-refractivity contribution in [3.63, 3.8) is 0 Å². The molecule has 0 unspecified atom stereocenters. The Labute approximate surface area is 135 Å². The quantitative estimate of drug-likeness (QED) is 0.854. The summed E-state index contributed by atoms with van der Waals surface area (Å²) in [6.45, 7) is 4.20. The van der Waals surface area contributed by atoms with Crippen molar-refractivity contribution in [1.82, 2.24) is 5.32 Å². The number of nitrogens with one attached hydrogen (secondary N) is 2. The van der Waals surface area contributed by atoms with Gasteiger partial charge in [0, 0.05) is 16.6 Å². The molecule has 0 radical (unpaired) electrons. The topological polar surface area (TPSA) is 41.1 Å². The highest BCUT2D eigenvalue weighted by Crippen LogP contribution is 2.22. The maximum Gasteiger partial charge on any atom is 0.224 e. The van der Waals surface area contributed by atoms with Gasteiger partial charge in [-0.15, -0.1) is 12.4 Å². The molecule has 1 aliphatic rings. The number of amides is 1. The van der Waals surface area contributed by atoms with Gasteiger partial charge in [0.05, 0.1) is 0 Å². The zero-order valence-corrected chi connectivity index (χ0v) is 14.1. The van der Waals surface area contributed by atoms with Crippen LogP contribution in [-0.4, -0.2) is 19.0 Å². The van der Waals surface area contributed by atoms with E-state index in [9.17, 15) is 4.79 Å². The predicted molar refractivity (Wildman–Crippen MR) is 89.6 cm³/mol. The minimum Gasteiger partial charge on any atom is -0.326 e. The van der Waals surface area contributed by atoms with Gasteiger partial charge in [0.2, 0.25) is 5.91 Å². The molecule has 0 spiro atoms. The smallest absolute Gasteiger partial charge is 0.224 e. The zero-order chi connectivity index (χ0) is 13.7. The molecular weight excluding hydrogens is 340 g/mol. The lowest BCUT2D eigenvalue weighted by Gasteiger charge is -2.22. The lowest BCUT2D eigenvalue weighted by Crippen LogP contribution is -2.28. The number of halogens is 2. The van der Waals surface area contributed by atoms with Crippen molar-refractivity contribution in [2.24, 2.45) is 5.92 Å². The maximum absolute atomic E-state index is 12.0. The number of hydrogen-bond acceptors (Lipinski definition) is 2. The molecule has 1 saturated heterocycles. The van der Waals surface area contributed by atoms with Gasteiger partial charge in [-0.3, -0.25) is 4.79 Å². The molecule has 2 rings (SSSR count). The van der Waals surface area contributed by atoms with Gasteiger partial charge in [-0.25, -0.2) is 0 Å². The Kier molecular flexibility index (Phi) is 7.56. The van der Waals surface area contributed by atoms with E-state index in [4.69, 9.17) is 0 Å². The third-order valence-corrected chi connectivity index (χ3v) is 4.21. The highest BCUT2D eigenvalue weighted by molar-refractivity contribution is 9.10. The molecule has 1 heterocycles. The second-order valence-electron chi connectivity index (χ2n) is 5.24. The maximum atomic E-state index is 12.0. The van der Waals surface area contributed by atoms with E-state index in [2.05, 4.69) is 26.6 Å². The first-order valence-corrected chi connectivity index (χ1v) is 7.71. The second-order valence-corrected chi connectivity index (χ2v) is 6.16. The summed E-state index contributed by atoms with van der Waals surface area (Å²) >= 11 is 3.43. The largest absolute Gasteiger partial charge is 0.326 e. The fourth-order valence-electron chi connectivity index (χ4n) is 2.45. The minimum absolute atomic E-state index is 0. The van der Waals surface area contributed by atoms with Crippen molar-refractivity contribution >= 4 is 39.9 Å². The number of rotatable bonds is 4. The number of hydrogen-bond donors (Lipinski definition) is 2. The molecule has 1 aliphatic heterocycles. The van der Waals surface area contributed by atoms with E-state index in [1.807, 2.05) is 25.1 Å². The molecule has 1 aromatic carbocycles. The van der Waals surface area contributed by atoms with Crippen molar-refractivity contribution in [3.05, 3.63) is 28.2 Å². The van der Waals surface area contributed by atoms with Crippen LogP contribution in [0.25, 0.3) is 0 Å². The molecule has 1 amide bonds. The molecule has 5 heteroatoms. The Balaban J connectivity index is 0.00000200. The highest BCUT2D eigenvalue weighted by atomic mass is 79.9. The van der Waals surface area contributed by atoms with Gasteiger partial charge in [0.1, 0.15) is 0 Å². The van der Waals surface area contributed by atoms with E-state index in [1.165, 1.54) is 12.8 Å². The fraction of sp³-hybridized carbons (Fsp3) is 0.533. The average Bonchev–Trinajstić information content (AvgIpc) is 2.42. The Bertz CT molecular complexity index is 447. The number of piperidine rings is 1. The summed E-state index contributed by atoms with van der Waals surface area (Å²) in [6.07, 6.45) is 4.02. The number of anilines is 1. The Morgan fingerprint density at radius 1 is 1.40 bits per heavy atom. The summed E-state index contributed by atoms with van der Waals surface area (Å²) in [5.41, 5.74) is 2.00. The van der Waals surface area contributed by atoms with Gasteiger partial charge in [-0.1, -0.05) is 22.0 Å². The van der Waals surface area contributed by atoms with E-state index in [0.29, 0.717) is 12.3 Å². The van der Waals surface area contributed by atoms with Gasteiger partial charge >= 0.3 is 0 Å². The van der Waals surface area contributed by atoms with Crippen LogP contribution >= 0.6 is 28.3 Å². The normalized spacial score (nSPS) is 15.5. The summed E-state index contributed by atoms with van der Waals surface area (Å²) in [4.78, 5) is 12.0. The number of aryl methyl sites for hydroxylation is 1. The van der Waals surface area contributed by atoms with Gasteiger partial charge < -0.3 is 10.6 Å². The number of carbonyl (C=O) groups is 1. The van der Waals surface area contributed by atoms with Crippen LogP contribution in [-0.2, 0) is 4.79 Å². The van der Waals surface area contributed by atoms with Crippen LogP contribution in [0, 0.1) is 12.8 Å². The summed E-state index contributed by atoms with van der Waals surface area (Å²) in [5.74, 6) is 0.829. The van der Waals surface area contributed by atoms with Crippen LogP contribution in [0.2, 0.25) is 0 Å². The minimum atomic E-state index is 0. The van der Waals surface area contributed by atoms with E-state index in [0.717, 1.165) is 35.2 Å². The molecule has 0 aliphatic carbocycles. The van der Waals surface area contributed by atoms with Crippen molar-refractivity contribution in [2.75, 3.05) is 18.4 Å². The van der Waals surface area contributed by atoms with Crippen molar-refractivity contribution in [2.45, 2.75) is 32.6 Å². The van der Waals surface area contributed by atoms with Crippen LogP contribution in [0.15, 0.2) is 22.7 Å². The molecule has 20 heavy (non-hydrogen) atoms. The van der Waals surface area contributed by atoms with E-state index >= 15 is 0 Å². The van der Waals surface area contributed by atoms with Crippen LogP contribution in [0.1, 0.15) is 31.2 Å². The van der Waals surface area contributed by atoms with E-state index in [1.54, 1.807) is 0 Å².